The summed E-state index contributed by atoms with van der Waals surface area (Å²) in [5, 5.41) is 4.26. The van der Waals surface area contributed by atoms with Crippen LogP contribution >= 0.6 is 0 Å². The molecule has 156 valence electrons. The number of hydrogen-bond acceptors (Lipinski definition) is 5. The third-order valence-corrected chi connectivity index (χ3v) is 5.20. The average molecular weight is 409 g/mol. The van der Waals surface area contributed by atoms with Gasteiger partial charge >= 0.3 is 0 Å². The summed E-state index contributed by atoms with van der Waals surface area (Å²) in [6.45, 7) is 5.22. The Kier molecular flexibility index (Phi) is 5.85. The van der Waals surface area contributed by atoms with Crippen molar-refractivity contribution in [2.75, 3.05) is 19.7 Å². The van der Waals surface area contributed by atoms with Crippen LogP contribution in [0.25, 0.3) is 0 Å². The van der Waals surface area contributed by atoms with Crippen LogP contribution in [0.2, 0.25) is 0 Å². The minimum atomic E-state index is -0.288. The maximum Gasteiger partial charge on any atom is 0.244 e. The molecular weight excluding hydrogens is 385 g/mol. The Balaban J connectivity index is 1.40. The van der Waals surface area contributed by atoms with E-state index in [0.29, 0.717) is 37.5 Å². The summed E-state index contributed by atoms with van der Waals surface area (Å²) in [5.41, 5.74) is 2.32. The zero-order valence-electron chi connectivity index (χ0n) is 17.1. The second-order valence-electron chi connectivity index (χ2n) is 7.42. The van der Waals surface area contributed by atoms with Crippen molar-refractivity contribution in [1.29, 1.82) is 0 Å². The molecule has 1 saturated heterocycles. The van der Waals surface area contributed by atoms with E-state index < -0.39 is 0 Å². The number of ether oxygens (including phenoxy) is 1. The number of rotatable bonds is 5. The molecule has 1 aliphatic rings. The molecule has 0 bridgehead atoms. The van der Waals surface area contributed by atoms with Gasteiger partial charge in [-0.25, -0.2) is 14.1 Å². The predicted octanol–water partition coefficient (Wildman–Crippen LogP) is 2.62. The molecule has 7 nitrogen and oxygen atoms in total. The van der Waals surface area contributed by atoms with Gasteiger partial charge in [-0.3, -0.25) is 9.78 Å². The Morgan fingerprint density at radius 2 is 2.07 bits per heavy atom. The number of morpholine rings is 1. The van der Waals surface area contributed by atoms with E-state index in [1.165, 1.54) is 6.07 Å². The lowest BCUT2D eigenvalue weighted by atomic mass is 10.1. The number of benzene rings is 1. The van der Waals surface area contributed by atoms with Gasteiger partial charge in [0.2, 0.25) is 5.91 Å². The van der Waals surface area contributed by atoms with E-state index in [-0.39, 0.29) is 24.4 Å². The Hall–Kier alpha value is -3.13. The van der Waals surface area contributed by atoms with Crippen molar-refractivity contribution >= 4 is 5.91 Å². The zero-order chi connectivity index (χ0) is 21.1. The molecule has 3 heterocycles. The summed E-state index contributed by atoms with van der Waals surface area (Å²) in [5.74, 6) is 1.13. The van der Waals surface area contributed by atoms with Gasteiger partial charge < -0.3 is 9.64 Å². The standard InChI is InChI=1S/C22H24FN5O2/c1-15-25-16(2)28(26-15)14-22(29)27-9-10-30-21(13-27)20-8-7-17(12-24-20)11-18-5-3-4-6-19(18)23/h3-8,12,21H,9-11,13-14H2,1-2H3. The SMILES string of the molecule is Cc1nc(C)n(CC(=O)N2CCOC(c3ccc(Cc4ccccc4F)cn3)C2)n1. The number of hydrogen-bond donors (Lipinski definition) is 0. The summed E-state index contributed by atoms with van der Waals surface area (Å²) in [6.07, 6.45) is 1.93. The third-order valence-electron chi connectivity index (χ3n) is 5.20. The van der Waals surface area contributed by atoms with Gasteiger partial charge in [0.05, 0.1) is 18.8 Å². The average Bonchev–Trinajstić information content (AvgIpc) is 3.07. The smallest absolute Gasteiger partial charge is 0.244 e. The summed E-state index contributed by atoms with van der Waals surface area (Å²) in [4.78, 5) is 23.2. The first-order chi connectivity index (χ1) is 14.5. The number of carbonyl (C=O) groups excluding carboxylic acids is 1. The van der Waals surface area contributed by atoms with Crippen molar-refractivity contribution < 1.29 is 13.9 Å². The minimum Gasteiger partial charge on any atom is -0.368 e. The van der Waals surface area contributed by atoms with Crippen molar-refractivity contribution in [3.63, 3.8) is 0 Å². The first-order valence-corrected chi connectivity index (χ1v) is 9.95. The van der Waals surface area contributed by atoms with Gasteiger partial charge in [-0.1, -0.05) is 24.3 Å². The Bertz CT molecular complexity index is 1030. The predicted molar refractivity (Wildman–Crippen MR) is 108 cm³/mol. The molecule has 0 radical (unpaired) electrons. The highest BCUT2D eigenvalue weighted by Crippen LogP contribution is 2.22. The van der Waals surface area contributed by atoms with E-state index in [2.05, 4.69) is 15.1 Å². The van der Waals surface area contributed by atoms with Gasteiger partial charge in [0.25, 0.3) is 0 Å². The number of nitrogens with zero attached hydrogens (tertiary/aromatic N) is 5. The normalized spacial score (nSPS) is 16.6. The van der Waals surface area contributed by atoms with Gasteiger partial charge in [0.1, 0.15) is 30.1 Å². The number of amides is 1. The van der Waals surface area contributed by atoms with Crippen molar-refractivity contribution in [1.82, 2.24) is 24.6 Å². The Morgan fingerprint density at radius 1 is 1.23 bits per heavy atom. The largest absolute Gasteiger partial charge is 0.368 e. The molecule has 1 amide bonds. The summed E-state index contributed by atoms with van der Waals surface area (Å²) in [6, 6.07) is 10.6. The van der Waals surface area contributed by atoms with Crippen LogP contribution < -0.4 is 0 Å². The quantitative estimate of drug-likeness (QED) is 0.648. The van der Waals surface area contributed by atoms with Crippen LogP contribution in [0.3, 0.4) is 0 Å². The Labute approximate surface area is 174 Å². The highest BCUT2D eigenvalue weighted by Gasteiger charge is 2.26. The van der Waals surface area contributed by atoms with E-state index in [1.807, 2.05) is 25.1 Å². The van der Waals surface area contributed by atoms with Gasteiger partial charge in [-0.15, -0.1) is 0 Å². The van der Waals surface area contributed by atoms with Gasteiger partial charge in [0, 0.05) is 19.2 Å². The topological polar surface area (TPSA) is 73.1 Å². The summed E-state index contributed by atoms with van der Waals surface area (Å²) in [7, 11) is 0. The number of aromatic nitrogens is 4. The second kappa shape index (κ2) is 8.71. The van der Waals surface area contributed by atoms with Crippen LogP contribution in [0.15, 0.2) is 42.6 Å². The van der Waals surface area contributed by atoms with E-state index in [1.54, 1.807) is 34.8 Å². The molecule has 1 atom stereocenters. The van der Waals surface area contributed by atoms with Crippen LogP contribution in [-0.4, -0.2) is 50.3 Å². The van der Waals surface area contributed by atoms with Crippen molar-refractivity contribution in [2.45, 2.75) is 32.9 Å². The fraction of sp³-hybridized carbons (Fsp3) is 0.364. The lowest BCUT2D eigenvalue weighted by molar-refractivity contribution is -0.140. The molecule has 4 rings (SSSR count). The minimum absolute atomic E-state index is 0.0209. The van der Waals surface area contributed by atoms with E-state index >= 15 is 0 Å². The molecule has 1 unspecified atom stereocenters. The highest BCUT2D eigenvalue weighted by molar-refractivity contribution is 5.76. The molecule has 1 aromatic carbocycles. The molecule has 0 N–H and O–H groups in total. The number of carbonyl (C=O) groups is 1. The molecule has 0 spiro atoms. The second-order valence-corrected chi connectivity index (χ2v) is 7.42. The number of halogens is 1. The maximum absolute atomic E-state index is 13.9. The molecule has 8 heteroatoms. The van der Waals surface area contributed by atoms with Crippen molar-refractivity contribution in [2.24, 2.45) is 0 Å². The summed E-state index contributed by atoms with van der Waals surface area (Å²) < 4.78 is 21.3. The summed E-state index contributed by atoms with van der Waals surface area (Å²) >= 11 is 0. The first-order valence-electron chi connectivity index (χ1n) is 9.95. The number of aryl methyl sites for hydroxylation is 2. The molecule has 2 aromatic heterocycles. The molecule has 1 aliphatic heterocycles. The van der Waals surface area contributed by atoms with Crippen LogP contribution in [-0.2, 0) is 22.5 Å². The van der Waals surface area contributed by atoms with Crippen LogP contribution in [0.5, 0.6) is 0 Å². The fourth-order valence-corrected chi connectivity index (χ4v) is 3.59. The van der Waals surface area contributed by atoms with Crippen molar-refractivity contribution in [3.05, 3.63) is 76.9 Å². The van der Waals surface area contributed by atoms with Gasteiger partial charge in [0.15, 0.2) is 0 Å². The highest BCUT2D eigenvalue weighted by atomic mass is 19.1. The van der Waals surface area contributed by atoms with Crippen molar-refractivity contribution in [3.8, 4) is 0 Å². The Morgan fingerprint density at radius 3 is 2.77 bits per heavy atom. The zero-order valence-corrected chi connectivity index (χ0v) is 17.1. The van der Waals surface area contributed by atoms with E-state index in [9.17, 15) is 9.18 Å². The molecule has 3 aromatic rings. The van der Waals surface area contributed by atoms with E-state index in [4.69, 9.17) is 4.74 Å². The van der Waals surface area contributed by atoms with E-state index in [0.717, 1.165) is 17.1 Å². The lowest BCUT2D eigenvalue weighted by Crippen LogP contribution is -2.44. The van der Waals surface area contributed by atoms with Gasteiger partial charge in [-0.2, -0.15) is 5.10 Å². The van der Waals surface area contributed by atoms with Crippen LogP contribution in [0.4, 0.5) is 4.39 Å². The maximum atomic E-state index is 13.9. The third kappa shape index (κ3) is 4.54. The molecule has 30 heavy (non-hydrogen) atoms. The molecule has 0 aliphatic carbocycles. The molecular formula is C22H24FN5O2. The monoisotopic (exact) mass is 409 g/mol. The fourth-order valence-electron chi connectivity index (χ4n) is 3.59. The number of pyridine rings is 1. The van der Waals surface area contributed by atoms with Crippen LogP contribution in [0.1, 0.15) is 34.6 Å². The molecule has 1 fully saturated rings. The lowest BCUT2D eigenvalue weighted by Gasteiger charge is -2.32. The molecule has 0 saturated carbocycles. The van der Waals surface area contributed by atoms with Gasteiger partial charge in [-0.05, 0) is 37.1 Å². The van der Waals surface area contributed by atoms with Crippen LogP contribution in [0, 0.1) is 19.7 Å². The first kappa shape index (κ1) is 20.2.